The van der Waals surface area contributed by atoms with Crippen LogP contribution in [0.15, 0.2) is 24.3 Å². The molecule has 0 bridgehead atoms. The Morgan fingerprint density at radius 3 is 2.52 bits per heavy atom. The summed E-state index contributed by atoms with van der Waals surface area (Å²) in [5.41, 5.74) is 0.249. The zero-order valence-electron chi connectivity index (χ0n) is 13.4. The van der Waals surface area contributed by atoms with Gasteiger partial charge < -0.3 is 5.32 Å². The van der Waals surface area contributed by atoms with Crippen molar-refractivity contribution in [2.45, 2.75) is 50.7 Å². The van der Waals surface area contributed by atoms with Crippen LogP contribution in [0, 0.1) is 23.1 Å². The third kappa shape index (κ3) is 4.08. The van der Waals surface area contributed by atoms with Crippen LogP contribution < -0.4 is 5.32 Å². The van der Waals surface area contributed by atoms with Crippen molar-refractivity contribution in [3.8, 4) is 6.07 Å². The van der Waals surface area contributed by atoms with Gasteiger partial charge in [-0.1, -0.05) is 12.1 Å². The minimum absolute atomic E-state index is 0.102. The molecular weight excluding hydrogens is 293 g/mol. The second kappa shape index (κ2) is 6.29. The lowest BCUT2D eigenvalue weighted by atomic mass is 9.98. The predicted octanol–water partition coefficient (Wildman–Crippen LogP) is 2.60. The fourth-order valence-electron chi connectivity index (χ4n) is 2.97. The molecule has 0 unspecified atom stereocenters. The normalized spacial score (nSPS) is 19.9. The number of nitrogens with zero attached hydrogens (tertiary/aromatic N) is 2. The number of nitriles is 1. The zero-order valence-corrected chi connectivity index (χ0v) is 13.4. The fraction of sp³-hybridized carbons (Fsp3) is 0.556. The van der Waals surface area contributed by atoms with E-state index in [9.17, 15) is 14.4 Å². The van der Waals surface area contributed by atoms with E-state index in [0.29, 0.717) is 12.6 Å². The maximum absolute atomic E-state index is 13.0. The highest BCUT2D eigenvalue weighted by atomic mass is 19.1. The Balaban J connectivity index is 1.60. The topological polar surface area (TPSA) is 56.1 Å². The molecule has 0 aliphatic heterocycles. The summed E-state index contributed by atoms with van der Waals surface area (Å²) in [6.07, 6.45) is 4.19. The monoisotopic (exact) mass is 315 g/mol. The molecule has 5 heteroatoms. The first-order valence-corrected chi connectivity index (χ1v) is 8.21. The van der Waals surface area contributed by atoms with Gasteiger partial charge in [-0.25, -0.2) is 4.39 Å². The van der Waals surface area contributed by atoms with E-state index >= 15 is 0 Å². The summed E-state index contributed by atoms with van der Waals surface area (Å²) in [5, 5.41) is 12.3. The van der Waals surface area contributed by atoms with Crippen LogP contribution in [-0.4, -0.2) is 28.9 Å². The van der Waals surface area contributed by atoms with E-state index < -0.39 is 5.54 Å². The standard InChI is InChI=1S/C18H22FN3O/c1-18(12-20,14-4-5-14)21-17(23)11-22(16-8-9-16)10-13-2-6-15(19)7-3-13/h2-3,6-7,14,16H,4-5,8-11H2,1H3,(H,21,23)/t18-/m1/s1. The third-order valence-corrected chi connectivity index (χ3v) is 4.73. The molecule has 1 amide bonds. The van der Waals surface area contributed by atoms with Crippen molar-refractivity contribution in [3.05, 3.63) is 35.6 Å². The van der Waals surface area contributed by atoms with E-state index in [-0.39, 0.29) is 24.2 Å². The largest absolute Gasteiger partial charge is 0.337 e. The van der Waals surface area contributed by atoms with Gasteiger partial charge in [0.25, 0.3) is 0 Å². The molecule has 1 aromatic rings. The summed E-state index contributed by atoms with van der Waals surface area (Å²) >= 11 is 0. The SMILES string of the molecule is C[C@](C#N)(NC(=O)CN(Cc1ccc(F)cc1)C1CC1)C1CC1. The first-order valence-electron chi connectivity index (χ1n) is 8.21. The molecule has 1 aromatic carbocycles. The molecule has 2 aliphatic rings. The number of hydrogen-bond acceptors (Lipinski definition) is 3. The summed E-state index contributed by atoms with van der Waals surface area (Å²) in [6, 6.07) is 9.07. The fourth-order valence-corrected chi connectivity index (χ4v) is 2.97. The van der Waals surface area contributed by atoms with Crippen LogP contribution in [0.5, 0.6) is 0 Å². The second-order valence-electron chi connectivity index (χ2n) is 6.90. The zero-order chi connectivity index (χ0) is 16.4. The molecule has 0 aromatic heterocycles. The molecule has 0 saturated heterocycles. The van der Waals surface area contributed by atoms with Gasteiger partial charge in [0.1, 0.15) is 11.4 Å². The molecule has 4 nitrogen and oxygen atoms in total. The Kier molecular flexibility index (Phi) is 4.36. The van der Waals surface area contributed by atoms with Crippen LogP contribution in [0.3, 0.4) is 0 Å². The van der Waals surface area contributed by atoms with Gasteiger partial charge in [-0.15, -0.1) is 0 Å². The maximum atomic E-state index is 13.0. The summed E-state index contributed by atoms with van der Waals surface area (Å²) < 4.78 is 13.0. The van der Waals surface area contributed by atoms with Gasteiger partial charge in [-0.05, 0) is 56.2 Å². The maximum Gasteiger partial charge on any atom is 0.235 e. The van der Waals surface area contributed by atoms with Crippen LogP contribution in [0.25, 0.3) is 0 Å². The molecule has 1 N–H and O–H groups in total. The molecule has 2 saturated carbocycles. The van der Waals surface area contributed by atoms with Crippen LogP contribution in [0.2, 0.25) is 0 Å². The van der Waals surface area contributed by atoms with Crippen LogP contribution >= 0.6 is 0 Å². The van der Waals surface area contributed by atoms with E-state index in [4.69, 9.17) is 0 Å². The molecule has 1 atom stereocenters. The van der Waals surface area contributed by atoms with Crippen molar-refractivity contribution in [3.63, 3.8) is 0 Å². The molecule has 2 aliphatic carbocycles. The van der Waals surface area contributed by atoms with Gasteiger partial charge in [-0.3, -0.25) is 9.69 Å². The number of benzene rings is 1. The van der Waals surface area contributed by atoms with Crippen molar-refractivity contribution in [2.24, 2.45) is 5.92 Å². The van der Waals surface area contributed by atoms with Crippen molar-refractivity contribution >= 4 is 5.91 Å². The summed E-state index contributed by atoms with van der Waals surface area (Å²) in [7, 11) is 0. The highest BCUT2D eigenvalue weighted by molar-refractivity contribution is 5.79. The van der Waals surface area contributed by atoms with E-state index in [2.05, 4.69) is 16.3 Å². The smallest absolute Gasteiger partial charge is 0.235 e. The Morgan fingerprint density at radius 2 is 2.00 bits per heavy atom. The Hall–Kier alpha value is -1.93. The number of rotatable bonds is 7. The summed E-state index contributed by atoms with van der Waals surface area (Å²) in [6.45, 7) is 2.72. The minimum atomic E-state index is -0.748. The summed E-state index contributed by atoms with van der Waals surface area (Å²) in [5.74, 6) is -0.0726. The lowest BCUT2D eigenvalue weighted by Gasteiger charge is -2.26. The Morgan fingerprint density at radius 1 is 1.35 bits per heavy atom. The number of carbonyl (C=O) groups excluding carboxylic acids is 1. The number of halogens is 1. The summed E-state index contributed by atoms with van der Waals surface area (Å²) in [4.78, 5) is 14.5. The van der Waals surface area contributed by atoms with Crippen molar-refractivity contribution in [2.75, 3.05) is 6.54 Å². The minimum Gasteiger partial charge on any atom is -0.337 e. The number of amides is 1. The van der Waals surface area contributed by atoms with Gasteiger partial charge in [0.2, 0.25) is 5.91 Å². The lowest BCUT2D eigenvalue weighted by molar-refractivity contribution is -0.124. The second-order valence-corrected chi connectivity index (χ2v) is 6.90. The van der Waals surface area contributed by atoms with Crippen LogP contribution in [0.4, 0.5) is 4.39 Å². The van der Waals surface area contributed by atoms with E-state index in [1.165, 1.54) is 12.1 Å². The van der Waals surface area contributed by atoms with E-state index in [1.54, 1.807) is 12.1 Å². The molecule has 2 fully saturated rings. The molecule has 23 heavy (non-hydrogen) atoms. The predicted molar refractivity (Wildman–Crippen MR) is 84.7 cm³/mol. The van der Waals surface area contributed by atoms with Crippen molar-refractivity contribution in [1.82, 2.24) is 10.2 Å². The van der Waals surface area contributed by atoms with Gasteiger partial charge in [0, 0.05) is 12.6 Å². The van der Waals surface area contributed by atoms with E-state index in [1.807, 2.05) is 6.92 Å². The average Bonchev–Trinajstić information content (AvgIpc) is 3.41. The first-order chi connectivity index (χ1) is 11.0. The van der Waals surface area contributed by atoms with Gasteiger partial charge in [0.05, 0.1) is 12.6 Å². The molecule has 3 rings (SSSR count). The third-order valence-electron chi connectivity index (χ3n) is 4.73. The van der Waals surface area contributed by atoms with E-state index in [0.717, 1.165) is 31.2 Å². The molecule has 122 valence electrons. The van der Waals surface area contributed by atoms with Gasteiger partial charge in [-0.2, -0.15) is 5.26 Å². The molecule has 0 spiro atoms. The Labute approximate surface area is 136 Å². The van der Waals surface area contributed by atoms with Gasteiger partial charge >= 0.3 is 0 Å². The number of hydrogen-bond donors (Lipinski definition) is 1. The number of nitrogens with one attached hydrogen (secondary N) is 1. The molecule has 0 heterocycles. The Bertz CT molecular complexity index is 616. The van der Waals surface area contributed by atoms with Crippen LogP contribution in [0.1, 0.15) is 38.2 Å². The molecule has 0 radical (unpaired) electrons. The quantitative estimate of drug-likeness (QED) is 0.841. The highest BCUT2D eigenvalue weighted by Gasteiger charge is 2.43. The van der Waals surface area contributed by atoms with Crippen LogP contribution in [-0.2, 0) is 11.3 Å². The molecular formula is C18H22FN3O. The number of carbonyl (C=O) groups is 1. The highest BCUT2D eigenvalue weighted by Crippen LogP contribution is 2.39. The average molecular weight is 315 g/mol. The lowest BCUT2D eigenvalue weighted by Crippen LogP contribution is -2.50. The van der Waals surface area contributed by atoms with Crippen molar-refractivity contribution < 1.29 is 9.18 Å². The van der Waals surface area contributed by atoms with Gasteiger partial charge in [0.15, 0.2) is 0 Å². The van der Waals surface area contributed by atoms with Crippen molar-refractivity contribution in [1.29, 1.82) is 5.26 Å². The first kappa shape index (κ1) is 15.9.